The van der Waals surface area contributed by atoms with Crippen LogP contribution in [0, 0.1) is 6.92 Å². The number of hydrogen-bond donors (Lipinski definition) is 6. The summed E-state index contributed by atoms with van der Waals surface area (Å²) in [6, 6.07) is 0. The molecule has 0 bridgehead atoms. The molecule has 0 spiro atoms. The van der Waals surface area contributed by atoms with Crippen LogP contribution in [0.2, 0.25) is 0 Å². The summed E-state index contributed by atoms with van der Waals surface area (Å²) in [6.07, 6.45) is -5.25. The molecule has 0 amide bonds. The van der Waals surface area contributed by atoms with Gasteiger partial charge in [-0.05, 0) is 6.92 Å². The molecule has 9 nitrogen and oxygen atoms in total. The highest BCUT2D eigenvalue weighted by atomic mass is 16.7. The Labute approximate surface area is 132 Å². The molecular weight excluding hydrogens is 308 g/mol. The highest BCUT2D eigenvalue weighted by Crippen LogP contribution is 2.26. The molecule has 1 aliphatic heterocycles. The van der Waals surface area contributed by atoms with Crippen LogP contribution in [0.3, 0.4) is 0 Å². The lowest BCUT2D eigenvalue weighted by Crippen LogP contribution is -2.59. The van der Waals surface area contributed by atoms with Crippen molar-refractivity contribution in [2.75, 3.05) is 6.61 Å². The third kappa shape index (κ3) is 3.61. The molecule has 1 aromatic rings. The van der Waals surface area contributed by atoms with E-state index in [-0.39, 0.29) is 18.9 Å². The molecule has 1 aromatic heterocycles. The minimum Gasteiger partial charge on any atom is -0.506 e. The molecule has 0 radical (unpaired) electrons. The van der Waals surface area contributed by atoms with Crippen molar-refractivity contribution in [1.82, 2.24) is 4.98 Å². The molecule has 1 aliphatic rings. The van der Waals surface area contributed by atoms with E-state index in [1.54, 1.807) is 6.92 Å². The molecule has 130 valence electrons. The van der Waals surface area contributed by atoms with Gasteiger partial charge in [-0.25, -0.2) is 0 Å². The van der Waals surface area contributed by atoms with Crippen molar-refractivity contribution in [2.45, 2.75) is 50.8 Å². The number of aliphatic hydroxyl groups is 4. The maximum absolute atomic E-state index is 9.94. The van der Waals surface area contributed by atoms with E-state index >= 15 is 0 Å². The number of ether oxygens (including phenoxy) is 2. The van der Waals surface area contributed by atoms with Crippen LogP contribution in [-0.4, -0.2) is 67.8 Å². The molecule has 0 unspecified atom stereocenters. The van der Waals surface area contributed by atoms with E-state index in [9.17, 15) is 20.4 Å². The van der Waals surface area contributed by atoms with E-state index < -0.39 is 37.3 Å². The van der Waals surface area contributed by atoms with Crippen molar-refractivity contribution in [3.63, 3.8) is 0 Å². The second kappa shape index (κ2) is 7.49. The number of pyridine rings is 1. The summed E-state index contributed by atoms with van der Waals surface area (Å²) < 4.78 is 10.6. The van der Waals surface area contributed by atoms with Crippen molar-refractivity contribution in [1.29, 1.82) is 0 Å². The summed E-state index contributed by atoms with van der Waals surface area (Å²) >= 11 is 0. The zero-order valence-electron chi connectivity index (χ0n) is 12.7. The predicted octanol–water partition coefficient (Wildman–Crippen LogP) is -2.13. The molecule has 0 aliphatic carbocycles. The van der Waals surface area contributed by atoms with Gasteiger partial charge in [0.05, 0.1) is 18.9 Å². The van der Waals surface area contributed by atoms with Crippen LogP contribution in [0.1, 0.15) is 16.8 Å². The molecule has 2 heterocycles. The first-order valence-corrected chi connectivity index (χ1v) is 7.19. The number of aromatic hydroxyl groups is 1. The summed E-state index contributed by atoms with van der Waals surface area (Å²) in [5, 5.41) is 48.4. The van der Waals surface area contributed by atoms with Gasteiger partial charge in [0.1, 0.15) is 30.2 Å². The smallest absolute Gasteiger partial charge is 0.187 e. The highest BCUT2D eigenvalue weighted by Gasteiger charge is 2.44. The number of hydrogen-bond acceptors (Lipinski definition) is 9. The van der Waals surface area contributed by atoms with Gasteiger partial charge < -0.3 is 40.7 Å². The van der Waals surface area contributed by atoms with Gasteiger partial charge in [-0.2, -0.15) is 0 Å². The molecule has 2 rings (SSSR count). The molecule has 1 saturated heterocycles. The van der Waals surface area contributed by atoms with Crippen molar-refractivity contribution in [2.24, 2.45) is 5.73 Å². The lowest BCUT2D eigenvalue weighted by atomic mass is 9.99. The third-order valence-corrected chi connectivity index (χ3v) is 3.89. The van der Waals surface area contributed by atoms with E-state index in [4.69, 9.17) is 20.3 Å². The number of rotatable bonds is 5. The van der Waals surface area contributed by atoms with Gasteiger partial charge in [-0.15, -0.1) is 0 Å². The van der Waals surface area contributed by atoms with E-state index in [0.717, 1.165) is 0 Å². The topological polar surface area (TPSA) is 159 Å². The Bertz CT molecular complexity index is 540. The number of nitrogens with two attached hydrogens (primary N) is 1. The molecule has 5 atom stereocenters. The summed E-state index contributed by atoms with van der Waals surface area (Å²) in [5.74, 6) is -0.0256. The van der Waals surface area contributed by atoms with Crippen LogP contribution in [-0.2, 0) is 22.6 Å². The van der Waals surface area contributed by atoms with Crippen molar-refractivity contribution in [3.05, 3.63) is 23.0 Å². The van der Waals surface area contributed by atoms with Gasteiger partial charge in [0.25, 0.3) is 0 Å². The van der Waals surface area contributed by atoms with E-state index in [0.29, 0.717) is 16.8 Å². The van der Waals surface area contributed by atoms with Crippen molar-refractivity contribution >= 4 is 0 Å². The maximum atomic E-state index is 9.94. The Morgan fingerprint density at radius 3 is 2.57 bits per heavy atom. The predicted molar refractivity (Wildman–Crippen MR) is 77.1 cm³/mol. The first-order valence-electron chi connectivity index (χ1n) is 7.19. The molecule has 9 heteroatoms. The van der Waals surface area contributed by atoms with Crippen molar-refractivity contribution < 1.29 is 35.0 Å². The number of nitrogens with zero attached hydrogens (tertiary/aromatic N) is 1. The Morgan fingerprint density at radius 1 is 1.26 bits per heavy atom. The fraction of sp³-hybridized carbons (Fsp3) is 0.643. The van der Waals surface area contributed by atoms with Gasteiger partial charge in [-0.3, -0.25) is 4.98 Å². The van der Waals surface area contributed by atoms with Crippen LogP contribution in [0.25, 0.3) is 0 Å². The van der Waals surface area contributed by atoms with Crippen LogP contribution < -0.4 is 5.73 Å². The SMILES string of the molecule is Cc1ncc(CO[C@@H]2O[C@@H](CO)[C@H](O)[C@@H](O)[C@@H]2O)c(CN)c1O. The Balaban J connectivity index is 2.10. The minimum absolute atomic E-state index is 0.0256. The summed E-state index contributed by atoms with van der Waals surface area (Å²) in [7, 11) is 0. The maximum Gasteiger partial charge on any atom is 0.187 e. The monoisotopic (exact) mass is 330 g/mol. The Kier molecular flexibility index (Phi) is 5.87. The van der Waals surface area contributed by atoms with Gasteiger partial charge in [0, 0.05) is 23.9 Å². The van der Waals surface area contributed by atoms with Gasteiger partial charge >= 0.3 is 0 Å². The third-order valence-electron chi connectivity index (χ3n) is 3.89. The first kappa shape index (κ1) is 18.0. The largest absolute Gasteiger partial charge is 0.506 e. The van der Waals surface area contributed by atoms with E-state index in [1.165, 1.54) is 6.20 Å². The van der Waals surface area contributed by atoms with Crippen LogP contribution in [0.4, 0.5) is 0 Å². The van der Waals surface area contributed by atoms with E-state index in [2.05, 4.69) is 4.98 Å². The standard InChI is InChI=1S/C14H22N2O7/c1-6-10(18)8(2-15)7(3-16-6)5-22-14-13(21)12(20)11(19)9(4-17)23-14/h3,9,11-14,17-21H,2,4-5,15H2,1H3/t9-,11-,12+,13-,14+/m0/s1. The van der Waals surface area contributed by atoms with Crippen LogP contribution >= 0.6 is 0 Å². The number of aromatic nitrogens is 1. The second-order valence-corrected chi connectivity index (χ2v) is 5.41. The van der Waals surface area contributed by atoms with Gasteiger partial charge in [0.15, 0.2) is 6.29 Å². The molecular formula is C14H22N2O7. The quantitative estimate of drug-likeness (QED) is 0.354. The molecule has 7 N–H and O–H groups in total. The normalized spacial score (nSPS) is 31.3. The zero-order valence-corrected chi connectivity index (χ0v) is 12.7. The molecule has 0 aromatic carbocycles. The Morgan fingerprint density at radius 2 is 1.96 bits per heavy atom. The van der Waals surface area contributed by atoms with Crippen LogP contribution in [0.15, 0.2) is 6.20 Å². The van der Waals surface area contributed by atoms with Crippen molar-refractivity contribution in [3.8, 4) is 5.75 Å². The highest BCUT2D eigenvalue weighted by molar-refractivity contribution is 5.40. The summed E-state index contributed by atoms with van der Waals surface area (Å²) in [5.41, 5.74) is 7.01. The molecule has 1 fully saturated rings. The average molecular weight is 330 g/mol. The average Bonchev–Trinajstić information content (AvgIpc) is 2.55. The first-order chi connectivity index (χ1) is 10.9. The summed E-state index contributed by atoms with van der Waals surface area (Å²) in [4.78, 5) is 4.01. The van der Waals surface area contributed by atoms with Gasteiger partial charge in [-0.1, -0.05) is 0 Å². The lowest BCUT2D eigenvalue weighted by molar-refractivity contribution is -0.304. The lowest BCUT2D eigenvalue weighted by Gasteiger charge is -2.39. The number of aliphatic hydroxyl groups excluding tert-OH is 4. The second-order valence-electron chi connectivity index (χ2n) is 5.41. The van der Waals surface area contributed by atoms with Crippen LogP contribution in [0.5, 0.6) is 5.75 Å². The Hall–Kier alpha value is -1.33. The molecule has 23 heavy (non-hydrogen) atoms. The fourth-order valence-corrected chi connectivity index (χ4v) is 2.41. The number of aryl methyl sites for hydroxylation is 1. The fourth-order valence-electron chi connectivity index (χ4n) is 2.41. The van der Waals surface area contributed by atoms with E-state index in [1.807, 2.05) is 0 Å². The minimum atomic E-state index is -1.51. The molecule has 0 saturated carbocycles. The van der Waals surface area contributed by atoms with Gasteiger partial charge in [0.2, 0.25) is 0 Å². The zero-order chi connectivity index (χ0) is 17.1. The summed E-state index contributed by atoms with van der Waals surface area (Å²) in [6.45, 7) is 1.08.